The van der Waals surface area contributed by atoms with E-state index in [1.165, 1.54) is 0 Å². The highest BCUT2D eigenvalue weighted by atomic mass is 16.5. The maximum Gasteiger partial charge on any atom is 0.292 e. The lowest BCUT2D eigenvalue weighted by molar-refractivity contribution is -0.117. The van der Waals surface area contributed by atoms with Gasteiger partial charge in [0.05, 0.1) is 6.61 Å². The van der Waals surface area contributed by atoms with Gasteiger partial charge in [0, 0.05) is 18.7 Å². The van der Waals surface area contributed by atoms with E-state index in [-0.39, 0.29) is 5.41 Å². The van der Waals surface area contributed by atoms with Gasteiger partial charge in [0.2, 0.25) is 5.78 Å². The molecule has 0 aromatic heterocycles. The molecule has 0 atom stereocenters. The Bertz CT molecular complexity index is 486. The number of unbranched alkanes of at least 4 members (excludes halogenated alkanes) is 1. The molecule has 0 aliphatic rings. The van der Waals surface area contributed by atoms with E-state index in [0.29, 0.717) is 25.3 Å². The Balaban J connectivity index is 2.45. The van der Waals surface area contributed by atoms with E-state index in [4.69, 9.17) is 4.74 Å². The van der Waals surface area contributed by atoms with Gasteiger partial charge in [-0.1, -0.05) is 58.4 Å². The van der Waals surface area contributed by atoms with E-state index in [2.05, 4.69) is 33.0 Å². The molecule has 0 aliphatic heterocycles. The molecule has 0 saturated heterocycles. The minimum absolute atomic E-state index is 0.0274. The van der Waals surface area contributed by atoms with E-state index in [0.717, 1.165) is 18.4 Å². The van der Waals surface area contributed by atoms with E-state index in [1.807, 2.05) is 12.1 Å². The summed E-state index contributed by atoms with van der Waals surface area (Å²) >= 11 is 0. The Labute approximate surface area is 133 Å². The first-order chi connectivity index (χ1) is 10.4. The number of nitrogens with one attached hydrogen (secondary N) is 1. The van der Waals surface area contributed by atoms with Gasteiger partial charge in [-0.15, -0.1) is 0 Å². The van der Waals surface area contributed by atoms with Crippen LogP contribution in [0.5, 0.6) is 0 Å². The second kappa shape index (κ2) is 8.69. The monoisotopic (exact) mass is 305 g/mol. The molecular formula is C18H27NO3. The molecule has 0 radical (unpaired) electrons. The quantitative estimate of drug-likeness (QED) is 0.456. The number of carbonyl (C=O) groups excluding carboxylic acids is 2. The molecule has 4 nitrogen and oxygen atoms in total. The Morgan fingerprint density at radius 3 is 2.27 bits per heavy atom. The van der Waals surface area contributed by atoms with Crippen LogP contribution in [0.1, 0.15) is 56.5 Å². The third-order valence-corrected chi connectivity index (χ3v) is 3.39. The zero-order chi connectivity index (χ0) is 16.6. The molecule has 0 fully saturated rings. The summed E-state index contributed by atoms with van der Waals surface area (Å²) in [5.74, 6) is -1.09. The van der Waals surface area contributed by atoms with Crippen molar-refractivity contribution in [3.8, 4) is 0 Å². The highest BCUT2D eigenvalue weighted by Crippen LogP contribution is 2.22. The van der Waals surface area contributed by atoms with Gasteiger partial charge in [-0.2, -0.15) is 0 Å². The van der Waals surface area contributed by atoms with Crippen molar-refractivity contribution in [1.82, 2.24) is 5.32 Å². The molecule has 0 unspecified atom stereocenters. The number of amides is 1. The lowest BCUT2D eigenvalue weighted by Gasteiger charge is -2.18. The van der Waals surface area contributed by atoms with E-state index in [1.54, 1.807) is 12.1 Å². The fourth-order valence-corrected chi connectivity index (χ4v) is 1.92. The summed E-state index contributed by atoms with van der Waals surface area (Å²) in [5, 5.41) is 2.59. The van der Waals surface area contributed by atoms with E-state index >= 15 is 0 Å². The number of Topliss-reactive ketones (excluding diaryl/α,β-unsaturated/α-hetero) is 1. The molecule has 0 spiro atoms. The second-order valence-corrected chi connectivity index (χ2v) is 6.38. The number of ketones is 1. The van der Waals surface area contributed by atoms with Crippen LogP contribution in [0.25, 0.3) is 0 Å². The van der Waals surface area contributed by atoms with Crippen LogP contribution in [0.4, 0.5) is 0 Å². The molecule has 0 aliphatic carbocycles. The minimum atomic E-state index is -0.581. The van der Waals surface area contributed by atoms with E-state index in [9.17, 15) is 9.59 Å². The van der Waals surface area contributed by atoms with Crippen molar-refractivity contribution >= 4 is 11.7 Å². The van der Waals surface area contributed by atoms with Crippen molar-refractivity contribution in [3.05, 3.63) is 35.4 Å². The fourth-order valence-electron chi connectivity index (χ4n) is 1.92. The fraction of sp³-hybridized carbons (Fsp3) is 0.556. The van der Waals surface area contributed by atoms with Crippen LogP contribution in [0.15, 0.2) is 24.3 Å². The summed E-state index contributed by atoms with van der Waals surface area (Å²) < 4.78 is 5.34. The van der Waals surface area contributed by atoms with Gasteiger partial charge in [-0.25, -0.2) is 0 Å². The topological polar surface area (TPSA) is 55.4 Å². The molecule has 1 aromatic rings. The number of hydrogen-bond acceptors (Lipinski definition) is 3. The molecule has 1 rings (SSSR count). The minimum Gasteiger partial charge on any atom is -0.380 e. The summed E-state index contributed by atoms with van der Waals surface area (Å²) in [6.07, 6.45) is 2.09. The highest BCUT2D eigenvalue weighted by molar-refractivity contribution is 6.42. The van der Waals surface area contributed by atoms with Crippen LogP contribution in [0, 0.1) is 0 Å². The number of rotatable bonds is 8. The molecule has 122 valence electrons. The van der Waals surface area contributed by atoms with Gasteiger partial charge >= 0.3 is 0 Å². The Morgan fingerprint density at radius 1 is 1.09 bits per heavy atom. The van der Waals surface area contributed by atoms with E-state index < -0.39 is 11.7 Å². The van der Waals surface area contributed by atoms with Crippen molar-refractivity contribution < 1.29 is 14.3 Å². The Morgan fingerprint density at radius 2 is 1.73 bits per heavy atom. The van der Waals surface area contributed by atoms with Crippen molar-refractivity contribution in [3.63, 3.8) is 0 Å². The summed E-state index contributed by atoms with van der Waals surface area (Å²) in [5.41, 5.74) is 1.57. The third kappa shape index (κ3) is 5.98. The Kier molecular flexibility index (Phi) is 7.25. The predicted molar refractivity (Wildman–Crippen MR) is 88.2 cm³/mol. The maximum atomic E-state index is 12.0. The lowest BCUT2D eigenvalue weighted by Crippen LogP contribution is -2.33. The summed E-state index contributed by atoms with van der Waals surface area (Å²) in [6.45, 7) is 9.89. The molecular weight excluding hydrogens is 278 g/mol. The van der Waals surface area contributed by atoms with Crippen LogP contribution in [-0.4, -0.2) is 31.4 Å². The normalized spacial score (nSPS) is 11.3. The number of benzene rings is 1. The van der Waals surface area contributed by atoms with Gasteiger partial charge in [-0.05, 0) is 17.4 Å². The predicted octanol–water partition coefficient (Wildman–Crippen LogP) is 3.10. The maximum absolute atomic E-state index is 12.0. The highest BCUT2D eigenvalue weighted by Gasteiger charge is 2.18. The van der Waals surface area contributed by atoms with Crippen molar-refractivity contribution in [1.29, 1.82) is 0 Å². The first-order valence-corrected chi connectivity index (χ1v) is 7.87. The third-order valence-electron chi connectivity index (χ3n) is 3.39. The average molecular weight is 305 g/mol. The summed E-state index contributed by atoms with van der Waals surface area (Å²) in [7, 11) is 0. The SMILES string of the molecule is CCCCOCCNC(=O)C(=O)c1ccc(C(C)(C)C)cc1. The number of carbonyl (C=O) groups is 2. The molecule has 4 heteroatoms. The molecule has 22 heavy (non-hydrogen) atoms. The first kappa shape index (κ1) is 18.4. The average Bonchev–Trinajstić information content (AvgIpc) is 2.49. The molecule has 0 bridgehead atoms. The molecule has 0 heterocycles. The van der Waals surface area contributed by atoms with Crippen LogP contribution in [-0.2, 0) is 14.9 Å². The summed E-state index contributed by atoms with van der Waals surface area (Å²) in [6, 6.07) is 7.21. The number of hydrogen-bond donors (Lipinski definition) is 1. The lowest BCUT2D eigenvalue weighted by atomic mass is 9.86. The first-order valence-electron chi connectivity index (χ1n) is 7.87. The Hall–Kier alpha value is -1.68. The largest absolute Gasteiger partial charge is 0.380 e. The van der Waals surface area contributed by atoms with Gasteiger partial charge in [-0.3, -0.25) is 9.59 Å². The van der Waals surface area contributed by atoms with Gasteiger partial charge < -0.3 is 10.1 Å². The second-order valence-electron chi connectivity index (χ2n) is 6.38. The van der Waals surface area contributed by atoms with Gasteiger partial charge in [0.25, 0.3) is 5.91 Å². The summed E-state index contributed by atoms with van der Waals surface area (Å²) in [4.78, 5) is 23.8. The van der Waals surface area contributed by atoms with Crippen molar-refractivity contribution in [2.24, 2.45) is 0 Å². The van der Waals surface area contributed by atoms with Crippen LogP contribution < -0.4 is 5.32 Å². The van der Waals surface area contributed by atoms with Crippen molar-refractivity contribution in [2.75, 3.05) is 19.8 Å². The van der Waals surface area contributed by atoms with Crippen LogP contribution >= 0.6 is 0 Å². The molecule has 1 amide bonds. The molecule has 1 N–H and O–H groups in total. The van der Waals surface area contributed by atoms with Crippen LogP contribution in [0.3, 0.4) is 0 Å². The van der Waals surface area contributed by atoms with Crippen LogP contribution in [0.2, 0.25) is 0 Å². The zero-order valence-corrected chi connectivity index (χ0v) is 14.1. The number of ether oxygens (including phenoxy) is 1. The standard InChI is InChI=1S/C18H27NO3/c1-5-6-12-22-13-11-19-17(21)16(20)14-7-9-15(10-8-14)18(2,3)4/h7-10H,5-6,11-13H2,1-4H3,(H,19,21). The van der Waals surface area contributed by atoms with Gasteiger partial charge in [0.15, 0.2) is 0 Å². The molecule has 0 saturated carbocycles. The molecule has 1 aromatic carbocycles. The zero-order valence-electron chi connectivity index (χ0n) is 14.1. The van der Waals surface area contributed by atoms with Gasteiger partial charge in [0.1, 0.15) is 0 Å². The van der Waals surface area contributed by atoms with Crippen molar-refractivity contribution in [2.45, 2.75) is 46.0 Å². The smallest absolute Gasteiger partial charge is 0.292 e.